The molecule has 138 valence electrons. The lowest BCUT2D eigenvalue weighted by Gasteiger charge is -2.20. The van der Waals surface area contributed by atoms with Crippen LogP contribution >= 0.6 is 0 Å². The van der Waals surface area contributed by atoms with Gasteiger partial charge in [0, 0.05) is 19.7 Å². The van der Waals surface area contributed by atoms with Crippen molar-refractivity contribution in [2.24, 2.45) is 7.05 Å². The van der Waals surface area contributed by atoms with Crippen LogP contribution in [0.3, 0.4) is 0 Å². The number of aryl methyl sites for hydroxylation is 3. The average molecular weight is 347 g/mol. The minimum Gasteiger partial charge on any atom is -0.482 e. The van der Waals surface area contributed by atoms with Crippen LogP contribution in [0.4, 0.5) is 5.82 Å². The fourth-order valence-corrected chi connectivity index (χ4v) is 2.71. The molecule has 0 bridgehead atoms. The summed E-state index contributed by atoms with van der Waals surface area (Å²) in [7, 11) is 1.90. The first-order chi connectivity index (χ1) is 12.0. The first kappa shape index (κ1) is 19.2. The number of hydrogen-bond donors (Lipinski definition) is 2. The van der Waals surface area contributed by atoms with Crippen molar-refractivity contribution >= 4 is 5.82 Å². The molecule has 2 aromatic rings. The van der Waals surface area contributed by atoms with Crippen LogP contribution in [-0.4, -0.2) is 37.5 Å². The largest absolute Gasteiger partial charge is 0.482 e. The maximum absolute atomic E-state index is 9.31. The van der Waals surface area contributed by atoms with Gasteiger partial charge in [0.15, 0.2) is 11.6 Å². The zero-order valence-corrected chi connectivity index (χ0v) is 15.6. The van der Waals surface area contributed by atoms with Crippen LogP contribution in [-0.2, 0) is 13.7 Å². The molecule has 1 atom stereocenters. The number of aliphatic hydroxyl groups excluding tert-OH is 1. The number of unbranched alkanes of at least 4 members (excludes halogenated alkanes) is 1. The van der Waals surface area contributed by atoms with Crippen LogP contribution in [0.25, 0.3) is 0 Å². The third-order valence-corrected chi connectivity index (χ3v) is 4.07. The standard InChI is InChI=1S/C18H29N5O2/c1-5-6-7-15(8-9-24)21-18-17(11-19-14(3)20-18)25-12-16-10-13(2)22-23(16)4/h10-11,15,24H,5-9,12H2,1-4H3,(H,19,20,21)/t15-/m0/s1. The summed E-state index contributed by atoms with van der Waals surface area (Å²) in [6.45, 7) is 6.52. The molecular formula is C18H29N5O2. The molecule has 25 heavy (non-hydrogen) atoms. The molecule has 0 aliphatic rings. The van der Waals surface area contributed by atoms with Gasteiger partial charge in [-0.15, -0.1) is 0 Å². The highest BCUT2D eigenvalue weighted by Crippen LogP contribution is 2.24. The van der Waals surface area contributed by atoms with Crippen molar-refractivity contribution in [3.05, 3.63) is 29.5 Å². The summed E-state index contributed by atoms with van der Waals surface area (Å²) < 4.78 is 7.76. The SMILES string of the molecule is CCCC[C@@H](CCO)Nc1nc(C)ncc1OCc1cc(C)nn1C. The molecule has 0 aliphatic heterocycles. The zero-order chi connectivity index (χ0) is 18.2. The van der Waals surface area contributed by atoms with Gasteiger partial charge < -0.3 is 15.2 Å². The lowest BCUT2D eigenvalue weighted by atomic mass is 10.1. The van der Waals surface area contributed by atoms with Crippen LogP contribution in [0.2, 0.25) is 0 Å². The lowest BCUT2D eigenvalue weighted by molar-refractivity contribution is 0.274. The van der Waals surface area contributed by atoms with Crippen molar-refractivity contribution in [2.75, 3.05) is 11.9 Å². The fraction of sp³-hybridized carbons (Fsp3) is 0.611. The van der Waals surface area contributed by atoms with E-state index < -0.39 is 0 Å². The van der Waals surface area contributed by atoms with E-state index >= 15 is 0 Å². The number of anilines is 1. The van der Waals surface area contributed by atoms with E-state index in [0.29, 0.717) is 30.4 Å². The number of aliphatic hydroxyl groups is 1. The Morgan fingerprint density at radius 2 is 2.12 bits per heavy atom. The third kappa shape index (κ3) is 5.70. The number of ether oxygens (including phenoxy) is 1. The molecule has 0 saturated carbocycles. The molecule has 0 aromatic carbocycles. The Hall–Kier alpha value is -2.15. The highest BCUT2D eigenvalue weighted by Gasteiger charge is 2.14. The minimum atomic E-state index is 0.149. The Labute approximate surface area is 149 Å². The molecule has 0 fully saturated rings. The Balaban J connectivity index is 2.11. The number of hydrogen-bond acceptors (Lipinski definition) is 6. The molecule has 7 heteroatoms. The zero-order valence-electron chi connectivity index (χ0n) is 15.6. The summed E-state index contributed by atoms with van der Waals surface area (Å²) in [5, 5.41) is 17.1. The van der Waals surface area contributed by atoms with Gasteiger partial charge in [-0.1, -0.05) is 19.8 Å². The van der Waals surface area contributed by atoms with Crippen LogP contribution in [0.5, 0.6) is 5.75 Å². The van der Waals surface area contributed by atoms with E-state index in [4.69, 9.17) is 4.74 Å². The van der Waals surface area contributed by atoms with Crippen molar-refractivity contribution in [1.82, 2.24) is 19.7 Å². The summed E-state index contributed by atoms with van der Waals surface area (Å²) in [5.41, 5.74) is 1.95. The van der Waals surface area contributed by atoms with E-state index in [1.807, 2.05) is 31.6 Å². The van der Waals surface area contributed by atoms with Crippen LogP contribution < -0.4 is 10.1 Å². The molecular weight excluding hydrogens is 318 g/mol. The van der Waals surface area contributed by atoms with Gasteiger partial charge in [-0.25, -0.2) is 9.97 Å². The van der Waals surface area contributed by atoms with Crippen molar-refractivity contribution in [1.29, 1.82) is 0 Å². The van der Waals surface area contributed by atoms with Crippen molar-refractivity contribution in [2.45, 2.75) is 59.1 Å². The van der Waals surface area contributed by atoms with Gasteiger partial charge in [-0.2, -0.15) is 5.10 Å². The molecule has 2 rings (SSSR count). The Morgan fingerprint density at radius 1 is 1.32 bits per heavy atom. The first-order valence-corrected chi connectivity index (χ1v) is 8.86. The maximum Gasteiger partial charge on any atom is 0.180 e. The summed E-state index contributed by atoms with van der Waals surface area (Å²) >= 11 is 0. The van der Waals surface area contributed by atoms with Crippen LogP contribution in [0.1, 0.15) is 49.8 Å². The second-order valence-corrected chi connectivity index (χ2v) is 6.32. The predicted molar refractivity (Wildman–Crippen MR) is 97.7 cm³/mol. The molecule has 0 saturated heterocycles. The highest BCUT2D eigenvalue weighted by atomic mass is 16.5. The van der Waals surface area contributed by atoms with Gasteiger partial charge in [0.1, 0.15) is 12.4 Å². The Bertz CT molecular complexity index is 671. The minimum absolute atomic E-state index is 0.149. The molecule has 0 amide bonds. The average Bonchev–Trinajstić information content (AvgIpc) is 2.89. The summed E-state index contributed by atoms with van der Waals surface area (Å²) in [6, 6.07) is 2.17. The van der Waals surface area contributed by atoms with E-state index in [-0.39, 0.29) is 12.6 Å². The van der Waals surface area contributed by atoms with E-state index in [9.17, 15) is 5.11 Å². The van der Waals surface area contributed by atoms with Crippen LogP contribution in [0, 0.1) is 13.8 Å². The number of rotatable bonds is 10. The van der Waals surface area contributed by atoms with Crippen LogP contribution in [0.15, 0.2) is 12.3 Å². The molecule has 0 unspecified atom stereocenters. The Kier molecular flexibility index (Phi) is 7.18. The molecule has 7 nitrogen and oxygen atoms in total. The van der Waals surface area contributed by atoms with Gasteiger partial charge in [0.05, 0.1) is 17.6 Å². The third-order valence-electron chi connectivity index (χ3n) is 4.07. The summed E-state index contributed by atoms with van der Waals surface area (Å²) in [4.78, 5) is 8.74. The molecule has 2 aromatic heterocycles. The van der Waals surface area contributed by atoms with Gasteiger partial charge in [0.25, 0.3) is 0 Å². The molecule has 0 aliphatic carbocycles. The van der Waals surface area contributed by atoms with Crippen molar-refractivity contribution in [3.63, 3.8) is 0 Å². The van der Waals surface area contributed by atoms with Crippen molar-refractivity contribution in [3.8, 4) is 5.75 Å². The van der Waals surface area contributed by atoms with Gasteiger partial charge >= 0.3 is 0 Å². The maximum atomic E-state index is 9.31. The summed E-state index contributed by atoms with van der Waals surface area (Å²) in [6.07, 6.45) is 5.59. The van der Waals surface area contributed by atoms with E-state index in [2.05, 4.69) is 27.3 Å². The van der Waals surface area contributed by atoms with Gasteiger partial charge in [-0.3, -0.25) is 4.68 Å². The predicted octanol–water partition coefficient (Wildman–Crippen LogP) is 2.76. The second-order valence-electron chi connectivity index (χ2n) is 6.32. The number of nitrogens with zero attached hydrogens (tertiary/aromatic N) is 4. The second kappa shape index (κ2) is 9.36. The fourth-order valence-electron chi connectivity index (χ4n) is 2.71. The lowest BCUT2D eigenvalue weighted by Crippen LogP contribution is -2.22. The smallest absolute Gasteiger partial charge is 0.180 e. The van der Waals surface area contributed by atoms with Gasteiger partial charge in [0.2, 0.25) is 0 Å². The number of aromatic nitrogens is 4. The molecule has 0 radical (unpaired) electrons. The molecule has 0 spiro atoms. The van der Waals surface area contributed by atoms with Gasteiger partial charge in [-0.05, 0) is 32.8 Å². The van der Waals surface area contributed by atoms with Crippen molar-refractivity contribution < 1.29 is 9.84 Å². The monoisotopic (exact) mass is 347 g/mol. The van der Waals surface area contributed by atoms with E-state index in [0.717, 1.165) is 30.7 Å². The Morgan fingerprint density at radius 3 is 2.76 bits per heavy atom. The molecule has 2 heterocycles. The highest BCUT2D eigenvalue weighted by molar-refractivity contribution is 5.49. The topological polar surface area (TPSA) is 85.1 Å². The molecule has 2 N–H and O–H groups in total. The number of nitrogens with one attached hydrogen (secondary N) is 1. The van der Waals surface area contributed by atoms with E-state index in [1.54, 1.807) is 6.20 Å². The first-order valence-electron chi connectivity index (χ1n) is 8.86. The summed E-state index contributed by atoms with van der Waals surface area (Å²) in [5.74, 6) is 1.98. The normalized spacial score (nSPS) is 12.2. The van der Waals surface area contributed by atoms with E-state index in [1.165, 1.54) is 0 Å². The quantitative estimate of drug-likeness (QED) is 0.687.